The molecule has 2 amide bonds. The zero-order valence-corrected chi connectivity index (χ0v) is 13.9. The lowest BCUT2D eigenvalue weighted by Gasteiger charge is -2.19. The van der Waals surface area contributed by atoms with Gasteiger partial charge in [0.15, 0.2) is 0 Å². The van der Waals surface area contributed by atoms with Crippen LogP contribution in [0.25, 0.3) is 0 Å². The lowest BCUT2D eigenvalue weighted by atomic mass is 10.1. The summed E-state index contributed by atoms with van der Waals surface area (Å²) in [5.74, 6) is 0.549. The molecule has 0 aromatic heterocycles. The molecule has 0 fully saturated rings. The Balaban J connectivity index is 2.66. The second-order valence-electron chi connectivity index (χ2n) is 5.29. The van der Waals surface area contributed by atoms with E-state index < -0.39 is 6.04 Å². The lowest BCUT2D eigenvalue weighted by molar-refractivity contribution is -0.127. The average Bonchev–Trinajstić information content (AvgIpc) is 2.50. The van der Waals surface area contributed by atoms with Crippen LogP contribution in [0.5, 0.6) is 0 Å². The highest BCUT2D eigenvalue weighted by molar-refractivity contribution is 8.00. The molecule has 21 heavy (non-hydrogen) atoms. The Hall–Kier alpha value is -1.49. The standard InChI is InChI=1S/C16H24N2O2S/c1-11(2)12(3)21-10-14(19)18-15(16(20)17-4)13-8-6-5-7-9-13/h5-9,11-12,15H,10H2,1-4H3,(H,17,20)(H,18,19)/t12-,15+/m0/s1. The molecule has 0 unspecified atom stereocenters. The molecule has 4 nitrogen and oxygen atoms in total. The number of carbonyl (C=O) groups excluding carboxylic acids is 2. The maximum absolute atomic E-state index is 12.1. The fourth-order valence-electron chi connectivity index (χ4n) is 1.69. The van der Waals surface area contributed by atoms with Crippen LogP contribution in [0.2, 0.25) is 0 Å². The number of hydrogen-bond acceptors (Lipinski definition) is 3. The van der Waals surface area contributed by atoms with Gasteiger partial charge >= 0.3 is 0 Å². The SMILES string of the molecule is CNC(=O)[C@H](NC(=O)CS[C@@H](C)C(C)C)c1ccccc1. The van der Waals surface area contributed by atoms with Crippen molar-refractivity contribution in [3.63, 3.8) is 0 Å². The predicted octanol–water partition coefficient (Wildman–Crippen LogP) is 2.37. The van der Waals surface area contributed by atoms with E-state index >= 15 is 0 Å². The van der Waals surface area contributed by atoms with E-state index in [1.807, 2.05) is 30.3 Å². The molecule has 0 aliphatic carbocycles. The Labute approximate surface area is 131 Å². The van der Waals surface area contributed by atoms with Gasteiger partial charge in [0.05, 0.1) is 5.75 Å². The average molecular weight is 308 g/mol. The van der Waals surface area contributed by atoms with E-state index in [1.165, 1.54) is 0 Å². The molecule has 0 spiro atoms. The molecule has 5 heteroatoms. The van der Waals surface area contributed by atoms with Crippen molar-refractivity contribution in [1.82, 2.24) is 10.6 Å². The molecule has 0 radical (unpaired) electrons. The number of benzene rings is 1. The summed E-state index contributed by atoms with van der Waals surface area (Å²) < 4.78 is 0. The van der Waals surface area contributed by atoms with Crippen LogP contribution in [0.3, 0.4) is 0 Å². The topological polar surface area (TPSA) is 58.2 Å². The molecule has 2 atom stereocenters. The Kier molecular flexibility index (Phi) is 7.29. The summed E-state index contributed by atoms with van der Waals surface area (Å²) in [6.45, 7) is 6.37. The van der Waals surface area contributed by atoms with Gasteiger partial charge in [-0.3, -0.25) is 9.59 Å². The van der Waals surface area contributed by atoms with Gasteiger partial charge < -0.3 is 10.6 Å². The first-order valence-electron chi connectivity index (χ1n) is 7.13. The van der Waals surface area contributed by atoms with Gasteiger partial charge in [-0.2, -0.15) is 0 Å². The smallest absolute Gasteiger partial charge is 0.246 e. The van der Waals surface area contributed by atoms with Crippen molar-refractivity contribution < 1.29 is 9.59 Å². The minimum Gasteiger partial charge on any atom is -0.357 e. The van der Waals surface area contributed by atoms with Crippen molar-refractivity contribution in [2.24, 2.45) is 5.92 Å². The number of hydrogen-bond donors (Lipinski definition) is 2. The first kappa shape index (κ1) is 17.6. The van der Waals surface area contributed by atoms with Gasteiger partial charge in [0, 0.05) is 12.3 Å². The zero-order valence-electron chi connectivity index (χ0n) is 13.1. The van der Waals surface area contributed by atoms with Crippen molar-refractivity contribution in [2.45, 2.75) is 32.1 Å². The highest BCUT2D eigenvalue weighted by atomic mass is 32.2. The van der Waals surface area contributed by atoms with Gasteiger partial charge in [-0.15, -0.1) is 11.8 Å². The van der Waals surface area contributed by atoms with Crippen LogP contribution in [-0.4, -0.2) is 29.9 Å². The van der Waals surface area contributed by atoms with Crippen LogP contribution in [0, 0.1) is 5.92 Å². The van der Waals surface area contributed by atoms with Gasteiger partial charge in [0.2, 0.25) is 11.8 Å². The van der Waals surface area contributed by atoms with E-state index in [-0.39, 0.29) is 11.8 Å². The van der Waals surface area contributed by atoms with Gasteiger partial charge in [0.25, 0.3) is 0 Å². The van der Waals surface area contributed by atoms with Crippen molar-refractivity contribution in [3.05, 3.63) is 35.9 Å². The summed E-state index contributed by atoms with van der Waals surface area (Å²) in [5.41, 5.74) is 0.784. The monoisotopic (exact) mass is 308 g/mol. The molecular weight excluding hydrogens is 284 g/mol. The summed E-state index contributed by atoms with van der Waals surface area (Å²) in [5, 5.41) is 5.81. The molecule has 0 heterocycles. The molecule has 2 N–H and O–H groups in total. The summed E-state index contributed by atoms with van der Waals surface area (Å²) >= 11 is 1.61. The third-order valence-electron chi connectivity index (χ3n) is 3.36. The number of nitrogens with one attached hydrogen (secondary N) is 2. The van der Waals surface area contributed by atoms with Crippen LogP contribution < -0.4 is 10.6 Å². The fraction of sp³-hybridized carbons (Fsp3) is 0.500. The van der Waals surface area contributed by atoms with E-state index in [9.17, 15) is 9.59 Å². The first-order chi connectivity index (χ1) is 9.95. The molecule has 1 rings (SSSR count). The minimum atomic E-state index is -0.640. The quantitative estimate of drug-likeness (QED) is 0.813. The number of carbonyl (C=O) groups is 2. The van der Waals surface area contributed by atoms with Crippen LogP contribution in [0.4, 0.5) is 0 Å². The molecule has 0 aliphatic rings. The lowest BCUT2D eigenvalue weighted by Crippen LogP contribution is -2.40. The molecule has 116 valence electrons. The third kappa shape index (κ3) is 5.79. The predicted molar refractivity (Wildman–Crippen MR) is 88.2 cm³/mol. The summed E-state index contributed by atoms with van der Waals surface area (Å²) in [7, 11) is 1.57. The molecule has 0 aliphatic heterocycles. The maximum Gasteiger partial charge on any atom is 0.246 e. The Morgan fingerprint density at radius 3 is 2.29 bits per heavy atom. The number of amides is 2. The van der Waals surface area contributed by atoms with E-state index in [4.69, 9.17) is 0 Å². The van der Waals surface area contributed by atoms with Crippen LogP contribution in [0.15, 0.2) is 30.3 Å². The zero-order chi connectivity index (χ0) is 15.8. The number of rotatable bonds is 7. The van der Waals surface area contributed by atoms with E-state index in [0.717, 1.165) is 5.56 Å². The van der Waals surface area contributed by atoms with Crippen molar-refractivity contribution in [2.75, 3.05) is 12.8 Å². The summed E-state index contributed by atoms with van der Waals surface area (Å²) in [4.78, 5) is 24.0. The largest absolute Gasteiger partial charge is 0.357 e. The highest BCUT2D eigenvalue weighted by Gasteiger charge is 2.21. The molecule has 0 saturated heterocycles. The summed E-state index contributed by atoms with van der Waals surface area (Å²) in [6.07, 6.45) is 0. The normalized spacial score (nSPS) is 13.6. The van der Waals surface area contributed by atoms with Crippen molar-refractivity contribution >= 4 is 23.6 Å². The maximum atomic E-state index is 12.1. The molecular formula is C16H24N2O2S. The van der Waals surface area contributed by atoms with Crippen LogP contribution in [-0.2, 0) is 9.59 Å². The van der Waals surface area contributed by atoms with Gasteiger partial charge in [-0.05, 0) is 11.5 Å². The molecule has 1 aromatic carbocycles. The van der Waals surface area contributed by atoms with E-state index in [1.54, 1.807) is 18.8 Å². The second kappa shape index (κ2) is 8.72. The van der Waals surface area contributed by atoms with Crippen molar-refractivity contribution in [3.8, 4) is 0 Å². The van der Waals surface area contributed by atoms with Gasteiger partial charge in [0.1, 0.15) is 6.04 Å². The number of thioether (sulfide) groups is 1. The third-order valence-corrected chi connectivity index (χ3v) is 4.86. The van der Waals surface area contributed by atoms with E-state index in [2.05, 4.69) is 31.4 Å². The van der Waals surface area contributed by atoms with Gasteiger partial charge in [-0.25, -0.2) is 0 Å². The Morgan fingerprint density at radius 1 is 1.14 bits per heavy atom. The van der Waals surface area contributed by atoms with Crippen LogP contribution in [0.1, 0.15) is 32.4 Å². The van der Waals surface area contributed by atoms with Gasteiger partial charge in [-0.1, -0.05) is 51.1 Å². The molecule has 0 bridgehead atoms. The first-order valence-corrected chi connectivity index (χ1v) is 8.18. The Bertz CT molecular complexity index is 463. The minimum absolute atomic E-state index is 0.120. The van der Waals surface area contributed by atoms with Crippen LogP contribution >= 0.6 is 11.8 Å². The highest BCUT2D eigenvalue weighted by Crippen LogP contribution is 2.19. The second-order valence-corrected chi connectivity index (χ2v) is 6.65. The van der Waals surface area contributed by atoms with Crippen molar-refractivity contribution in [1.29, 1.82) is 0 Å². The molecule has 1 aromatic rings. The fourth-order valence-corrected chi connectivity index (χ4v) is 2.57. The number of likely N-dealkylation sites (N-methyl/N-ethyl adjacent to an activating group) is 1. The Morgan fingerprint density at radius 2 is 1.76 bits per heavy atom. The molecule has 0 saturated carbocycles. The van der Waals surface area contributed by atoms with E-state index in [0.29, 0.717) is 16.9 Å². The summed E-state index contributed by atoms with van der Waals surface area (Å²) in [6, 6.07) is 8.62.